The molecule has 89 valence electrons. The van der Waals surface area contributed by atoms with Gasteiger partial charge in [-0.1, -0.05) is 33.6 Å². The van der Waals surface area contributed by atoms with E-state index < -0.39 is 0 Å². The maximum atomic E-state index is 4.35. The topological polar surface area (TPSA) is 0 Å². The predicted molar refractivity (Wildman–Crippen MR) is 66.5 cm³/mol. The molecule has 0 saturated heterocycles. The van der Waals surface area contributed by atoms with Crippen molar-refractivity contribution in [2.75, 3.05) is 0 Å². The number of allylic oxidation sites excluding steroid dienone is 2. The Morgan fingerprint density at radius 2 is 1.75 bits per heavy atom. The van der Waals surface area contributed by atoms with E-state index in [1.807, 2.05) is 0 Å². The Morgan fingerprint density at radius 1 is 1.12 bits per heavy atom. The van der Waals surface area contributed by atoms with Gasteiger partial charge in [0.2, 0.25) is 0 Å². The summed E-state index contributed by atoms with van der Waals surface area (Å²) in [6.07, 6.45) is 6.81. The first-order chi connectivity index (χ1) is 6.84. The second-order valence-electron chi connectivity index (χ2n) is 6.88. The van der Waals surface area contributed by atoms with Crippen LogP contribution in [0.5, 0.6) is 0 Å². The number of hydrogen-bond donors (Lipinski definition) is 0. The number of fused-ring (bicyclic) bond motifs is 1. The molecule has 0 heterocycles. The van der Waals surface area contributed by atoms with Crippen molar-refractivity contribution in [3.63, 3.8) is 0 Å². The molecule has 0 aromatic rings. The molecule has 0 amide bonds. The van der Waals surface area contributed by atoms with Gasteiger partial charge in [-0.25, -0.2) is 18.1 Å². The van der Waals surface area contributed by atoms with E-state index in [4.69, 9.17) is 0 Å². The Bertz CT molecular complexity index is 301. The molecule has 2 rings (SSSR count). The van der Waals surface area contributed by atoms with Crippen LogP contribution in [0.3, 0.4) is 0 Å². The van der Waals surface area contributed by atoms with Crippen LogP contribution in [0.15, 0.2) is 11.1 Å². The van der Waals surface area contributed by atoms with Gasteiger partial charge >= 0.3 is 0 Å². The Balaban J connectivity index is 0.00000128. The summed E-state index contributed by atoms with van der Waals surface area (Å²) in [4.78, 5) is 0. The fourth-order valence-corrected chi connectivity index (χ4v) is 3.47. The van der Waals surface area contributed by atoms with Gasteiger partial charge in [0, 0.05) is 32.7 Å². The largest absolute Gasteiger partial charge is 0.241 e. The van der Waals surface area contributed by atoms with Crippen LogP contribution in [-0.4, -0.2) is 0 Å². The first-order valence-electron chi connectivity index (χ1n) is 6.36. The van der Waals surface area contributed by atoms with Gasteiger partial charge in [-0.15, -0.1) is 6.92 Å². The van der Waals surface area contributed by atoms with Crippen molar-refractivity contribution in [3.05, 3.63) is 18.1 Å². The summed E-state index contributed by atoms with van der Waals surface area (Å²) in [7, 11) is 0. The summed E-state index contributed by atoms with van der Waals surface area (Å²) >= 11 is 0. The van der Waals surface area contributed by atoms with Crippen LogP contribution in [0.2, 0.25) is 0 Å². The SMILES string of the molecule is [CH2-]C1=C(C)CC[C@@]2(C)CCC(C)(C)C[C@@H]12.[Y]. The summed E-state index contributed by atoms with van der Waals surface area (Å²) in [5.41, 5.74) is 4.13. The van der Waals surface area contributed by atoms with Crippen LogP contribution in [0, 0.1) is 23.7 Å². The second-order valence-corrected chi connectivity index (χ2v) is 6.88. The van der Waals surface area contributed by atoms with Gasteiger partial charge in [0.15, 0.2) is 0 Å². The Hall–Kier alpha value is 0.714. The maximum absolute atomic E-state index is 4.35. The predicted octanol–water partition coefficient (Wildman–Crippen LogP) is 4.76. The van der Waals surface area contributed by atoms with E-state index in [0.29, 0.717) is 10.8 Å². The molecule has 0 unspecified atom stereocenters. The normalized spacial score (nSPS) is 37.6. The molecule has 0 aliphatic heterocycles. The van der Waals surface area contributed by atoms with E-state index in [-0.39, 0.29) is 32.7 Å². The molecule has 0 aromatic carbocycles. The van der Waals surface area contributed by atoms with Gasteiger partial charge in [0.05, 0.1) is 0 Å². The molecule has 2 aliphatic carbocycles. The van der Waals surface area contributed by atoms with Crippen LogP contribution in [0.25, 0.3) is 0 Å². The van der Waals surface area contributed by atoms with Crippen molar-refractivity contribution in [2.24, 2.45) is 16.7 Å². The van der Waals surface area contributed by atoms with Gasteiger partial charge < -0.3 is 0 Å². The van der Waals surface area contributed by atoms with Crippen molar-refractivity contribution < 1.29 is 32.7 Å². The molecule has 1 saturated carbocycles. The molecule has 2 atom stereocenters. The van der Waals surface area contributed by atoms with Crippen molar-refractivity contribution in [1.29, 1.82) is 0 Å². The number of rotatable bonds is 0. The fourth-order valence-electron chi connectivity index (χ4n) is 3.47. The minimum atomic E-state index is 0. The maximum Gasteiger partial charge on any atom is 0 e. The van der Waals surface area contributed by atoms with E-state index in [2.05, 4.69) is 34.6 Å². The van der Waals surface area contributed by atoms with Gasteiger partial charge in [0.25, 0.3) is 0 Å². The summed E-state index contributed by atoms with van der Waals surface area (Å²) in [6.45, 7) is 14.0. The Morgan fingerprint density at radius 3 is 2.38 bits per heavy atom. The van der Waals surface area contributed by atoms with Crippen molar-refractivity contribution in [1.82, 2.24) is 0 Å². The second kappa shape index (κ2) is 4.77. The zero-order valence-corrected chi connectivity index (χ0v) is 14.2. The van der Waals surface area contributed by atoms with E-state index >= 15 is 0 Å². The third-order valence-electron chi connectivity index (χ3n) is 5.01. The third kappa shape index (κ3) is 2.59. The van der Waals surface area contributed by atoms with Crippen LogP contribution in [0.4, 0.5) is 0 Å². The summed E-state index contributed by atoms with van der Waals surface area (Å²) < 4.78 is 0. The monoisotopic (exact) mass is 294 g/mol. The first-order valence-corrected chi connectivity index (χ1v) is 6.36. The molecule has 16 heavy (non-hydrogen) atoms. The molecule has 0 spiro atoms. The van der Waals surface area contributed by atoms with Crippen molar-refractivity contribution in [3.8, 4) is 0 Å². The van der Waals surface area contributed by atoms with Crippen LogP contribution >= 0.6 is 0 Å². The van der Waals surface area contributed by atoms with Gasteiger partial charge in [-0.2, -0.15) is 0 Å². The van der Waals surface area contributed by atoms with E-state index in [1.54, 1.807) is 5.57 Å². The average Bonchev–Trinajstić information content (AvgIpc) is 2.16. The molecule has 2 aliphatic rings. The van der Waals surface area contributed by atoms with Crippen molar-refractivity contribution >= 4 is 0 Å². The van der Waals surface area contributed by atoms with Gasteiger partial charge in [-0.05, 0) is 36.0 Å². The minimum absolute atomic E-state index is 0. The molecule has 1 fully saturated rings. The fraction of sp³-hybridized carbons (Fsp3) is 0.800. The van der Waals surface area contributed by atoms with Crippen LogP contribution in [-0.2, 0) is 32.7 Å². The smallest absolute Gasteiger partial charge is 0 e. The third-order valence-corrected chi connectivity index (χ3v) is 5.01. The van der Waals surface area contributed by atoms with Gasteiger partial charge in [0.1, 0.15) is 0 Å². The molecular weight excluding hydrogens is 269 g/mol. The number of hydrogen-bond acceptors (Lipinski definition) is 0. The quantitative estimate of drug-likeness (QED) is 0.565. The van der Waals surface area contributed by atoms with Crippen LogP contribution < -0.4 is 0 Å². The van der Waals surface area contributed by atoms with Crippen LogP contribution in [0.1, 0.15) is 59.8 Å². The summed E-state index contributed by atoms with van der Waals surface area (Å²) in [5, 5.41) is 0. The van der Waals surface area contributed by atoms with Gasteiger partial charge in [-0.3, -0.25) is 0 Å². The van der Waals surface area contributed by atoms with E-state index in [1.165, 1.54) is 37.7 Å². The zero-order valence-electron chi connectivity index (χ0n) is 11.4. The van der Waals surface area contributed by atoms with E-state index in [0.717, 1.165) is 5.92 Å². The molecule has 0 bridgehead atoms. The summed E-state index contributed by atoms with van der Waals surface area (Å²) in [5.74, 6) is 0.759. The molecule has 0 aromatic heterocycles. The minimum Gasteiger partial charge on any atom is -0.241 e. The molecule has 0 nitrogen and oxygen atoms in total. The Kier molecular flexibility index (Phi) is 4.40. The first kappa shape index (κ1) is 14.8. The summed E-state index contributed by atoms with van der Waals surface area (Å²) in [6, 6.07) is 0. The molecule has 1 heteroatoms. The molecular formula is C15H25Y-. The molecule has 0 N–H and O–H groups in total. The molecule has 1 radical (unpaired) electrons. The average molecular weight is 294 g/mol. The Labute approximate surface area is 127 Å². The van der Waals surface area contributed by atoms with Crippen molar-refractivity contribution in [2.45, 2.75) is 59.8 Å². The standard InChI is InChI=1S/C15H25.Y/c1-11-6-7-15(5)9-8-14(3,4)10-13(15)12(11)2;/h13H,2,6-10H2,1,3-5H3;/q-1;/t13-,15-;/m0./s1. The van der Waals surface area contributed by atoms with E-state index in [9.17, 15) is 0 Å². The zero-order chi connectivity index (χ0) is 11.3.